The minimum absolute atomic E-state index is 0.308. The van der Waals surface area contributed by atoms with E-state index in [0.717, 1.165) is 25.1 Å². The predicted molar refractivity (Wildman–Crippen MR) is 63.8 cm³/mol. The molecule has 17 heavy (non-hydrogen) atoms. The number of methoxy groups -OCH3 is 1. The number of esters is 1. The Kier molecular flexibility index (Phi) is 4.12. The summed E-state index contributed by atoms with van der Waals surface area (Å²) in [6, 6.07) is 7.32. The number of rotatable bonds is 4. The molecule has 0 amide bonds. The molecule has 1 N–H and O–H groups in total. The van der Waals surface area contributed by atoms with Crippen LogP contribution >= 0.6 is 0 Å². The highest BCUT2D eigenvalue weighted by molar-refractivity contribution is 5.89. The fourth-order valence-electron chi connectivity index (χ4n) is 1.84. The van der Waals surface area contributed by atoms with Gasteiger partial charge >= 0.3 is 5.97 Å². The Morgan fingerprint density at radius 3 is 2.76 bits per heavy atom. The number of ether oxygens (including phenoxy) is 2. The van der Waals surface area contributed by atoms with Gasteiger partial charge in [-0.1, -0.05) is 12.1 Å². The SMILES string of the molecule is COC(=O)c1ccc(CO[C@H]2CCNC2)cc1. The highest BCUT2D eigenvalue weighted by Crippen LogP contribution is 2.10. The van der Waals surface area contributed by atoms with Crippen LogP contribution < -0.4 is 5.32 Å². The van der Waals surface area contributed by atoms with E-state index >= 15 is 0 Å². The summed E-state index contributed by atoms with van der Waals surface area (Å²) in [5.74, 6) is -0.308. The molecule has 4 nitrogen and oxygen atoms in total. The third kappa shape index (κ3) is 3.28. The second-order valence-corrected chi connectivity index (χ2v) is 4.11. The summed E-state index contributed by atoms with van der Waals surface area (Å²) < 4.78 is 10.4. The van der Waals surface area contributed by atoms with Crippen molar-refractivity contribution in [1.82, 2.24) is 5.32 Å². The van der Waals surface area contributed by atoms with Gasteiger partial charge in [-0.15, -0.1) is 0 Å². The number of hydrogen-bond acceptors (Lipinski definition) is 4. The van der Waals surface area contributed by atoms with Crippen LogP contribution in [0.25, 0.3) is 0 Å². The molecule has 92 valence electrons. The topological polar surface area (TPSA) is 47.6 Å². The molecule has 1 aliphatic heterocycles. The van der Waals surface area contributed by atoms with Crippen molar-refractivity contribution in [2.75, 3.05) is 20.2 Å². The van der Waals surface area contributed by atoms with Gasteiger partial charge in [-0.2, -0.15) is 0 Å². The predicted octanol–water partition coefficient (Wildman–Crippen LogP) is 1.35. The summed E-state index contributed by atoms with van der Waals surface area (Å²) in [5.41, 5.74) is 1.64. The van der Waals surface area contributed by atoms with E-state index in [2.05, 4.69) is 10.1 Å². The smallest absolute Gasteiger partial charge is 0.337 e. The van der Waals surface area contributed by atoms with E-state index in [4.69, 9.17) is 4.74 Å². The zero-order valence-electron chi connectivity index (χ0n) is 9.94. The van der Waals surface area contributed by atoms with Crippen LogP contribution in [0.3, 0.4) is 0 Å². The summed E-state index contributed by atoms with van der Waals surface area (Å²) in [6.07, 6.45) is 1.38. The Bertz CT molecular complexity index is 369. The van der Waals surface area contributed by atoms with Gasteiger partial charge < -0.3 is 14.8 Å². The fraction of sp³-hybridized carbons (Fsp3) is 0.462. The fourth-order valence-corrected chi connectivity index (χ4v) is 1.84. The Labute approximate surface area is 101 Å². The Balaban J connectivity index is 1.87. The highest BCUT2D eigenvalue weighted by Gasteiger charge is 2.14. The van der Waals surface area contributed by atoms with Crippen molar-refractivity contribution in [3.05, 3.63) is 35.4 Å². The van der Waals surface area contributed by atoms with Crippen LogP contribution in [0, 0.1) is 0 Å². The van der Waals surface area contributed by atoms with E-state index in [1.165, 1.54) is 7.11 Å². The van der Waals surface area contributed by atoms with Crippen LogP contribution in [0.1, 0.15) is 22.3 Å². The molecule has 0 bridgehead atoms. The quantitative estimate of drug-likeness (QED) is 0.800. The van der Waals surface area contributed by atoms with Gasteiger partial charge in [0.2, 0.25) is 0 Å². The Hall–Kier alpha value is -1.39. The molecule has 0 aromatic heterocycles. The summed E-state index contributed by atoms with van der Waals surface area (Å²) in [7, 11) is 1.38. The minimum atomic E-state index is -0.308. The molecule has 0 unspecified atom stereocenters. The van der Waals surface area contributed by atoms with Crippen LogP contribution in [0.2, 0.25) is 0 Å². The van der Waals surface area contributed by atoms with Gasteiger partial charge in [0.25, 0.3) is 0 Å². The lowest BCUT2D eigenvalue weighted by atomic mass is 10.1. The molecule has 0 spiro atoms. The van der Waals surface area contributed by atoms with Crippen LogP contribution in [0.5, 0.6) is 0 Å². The van der Waals surface area contributed by atoms with Gasteiger partial charge in [0.1, 0.15) is 0 Å². The van der Waals surface area contributed by atoms with Crippen LogP contribution in [-0.4, -0.2) is 32.3 Å². The normalized spacial score (nSPS) is 19.2. The number of nitrogens with one attached hydrogen (secondary N) is 1. The summed E-state index contributed by atoms with van der Waals surface area (Å²) >= 11 is 0. The van der Waals surface area contributed by atoms with Gasteiger partial charge in [-0.05, 0) is 30.7 Å². The Morgan fingerprint density at radius 1 is 1.41 bits per heavy atom. The lowest BCUT2D eigenvalue weighted by Gasteiger charge is -2.10. The summed E-state index contributed by atoms with van der Waals surface area (Å²) in [5, 5.41) is 3.25. The van der Waals surface area contributed by atoms with Crippen molar-refractivity contribution >= 4 is 5.97 Å². The van der Waals surface area contributed by atoms with Gasteiger partial charge in [0, 0.05) is 6.54 Å². The van der Waals surface area contributed by atoms with Crippen molar-refractivity contribution in [1.29, 1.82) is 0 Å². The van der Waals surface area contributed by atoms with Crippen molar-refractivity contribution in [2.24, 2.45) is 0 Å². The first kappa shape index (κ1) is 12.1. The second-order valence-electron chi connectivity index (χ2n) is 4.11. The van der Waals surface area contributed by atoms with Crippen molar-refractivity contribution in [2.45, 2.75) is 19.1 Å². The molecule has 1 heterocycles. The summed E-state index contributed by atoms with van der Waals surface area (Å²) in [4.78, 5) is 11.2. The number of benzene rings is 1. The van der Waals surface area contributed by atoms with E-state index in [1.54, 1.807) is 12.1 Å². The van der Waals surface area contributed by atoms with Crippen LogP contribution in [-0.2, 0) is 16.1 Å². The number of carbonyl (C=O) groups is 1. The first-order chi connectivity index (χ1) is 8.29. The molecule has 0 radical (unpaired) electrons. The van der Waals surface area contributed by atoms with Crippen molar-refractivity contribution in [3.8, 4) is 0 Å². The zero-order chi connectivity index (χ0) is 12.1. The van der Waals surface area contributed by atoms with Gasteiger partial charge in [0.15, 0.2) is 0 Å². The first-order valence-corrected chi connectivity index (χ1v) is 5.79. The maximum atomic E-state index is 11.2. The van der Waals surface area contributed by atoms with E-state index in [0.29, 0.717) is 18.3 Å². The third-order valence-electron chi connectivity index (χ3n) is 2.88. The molecular weight excluding hydrogens is 218 g/mol. The molecule has 1 aliphatic rings. The Morgan fingerprint density at radius 2 is 2.18 bits per heavy atom. The maximum Gasteiger partial charge on any atom is 0.337 e. The average Bonchev–Trinajstić information content (AvgIpc) is 2.89. The van der Waals surface area contributed by atoms with Crippen molar-refractivity contribution in [3.63, 3.8) is 0 Å². The molecule has 1 aromatic carbocycles. The van der Waals surface area contributed by atoms with Crippen LogP contribution in [0.15, 0.2) is 24.3 Å². The standard InChI is InChI=1S/C13H17NO3/c1-16-13(15)11-4-2-10(3-5-11)9-17-12-6-7-14-8-12/h2-5,12,14H,6-9H2,1H3/t12-/m0/s1. The first-order valence-electron chi connectivity index (χ1n) is 5.79. The molecular formula is C13H17NO3. The number of carbonyl (C=O) groups excluding carboxylic acids is 1. The highest BCUT2D eigenvalue weighted by atomic mass is 16.5. The molecule has 1 fully saturated rings. The monoisotopic (exact) mass is 235 g/mol. The largest absolute Gasteiger partial charge is 0.465 e. The average molecular weight is 235 g/mol. The van der Waals surface area contributed by atoms with Crippen LogP contribution in [0.4, 0.5) is 0 Å². The van der Waals surface area contributed by atoms with Gasteiger partial charge in [0.05, 0.1) is 25.4 Å². The van der Waals surface area contributed by atoms with E-state index in [9.17, 15) is 4.79 Å². The maximum absolute atomic E-state index is 11.2. The third-order valence-corrected chi connectivity index (χ3v) is 2.88. The van der Waals surface area contributed by atoms with Gasteiger partial charge in [-0.25, -0.2) is 4.79 Å². The molecule has 1 atom stereocenters. The molecule has 1 saturated heterocycles. The number of hydrogen-bond donors (Lipinski definition) is 1. The molecule has 4 heteroatoms. The van der Waals surface area contributed by atoms with Crippen molar-refractivity contribution < 1.29 is 14.3 Å². The van der Waals surface area contributed by atoms with E-state index in [-0.39, 0.29) is 5.97 Å². The molecule has 0 aliphatic carbocycles. The molecule has 1 aromatic rings. The van der Waals surface area contributed by atoms with E-state index in [1.807, 2.05) is 12.1 Å². The molecule has 0 saturated carbocycles. The van der Waals surface area contributed by atoms with Gasteiger partial charge in [-0.3, -0.25) is 0 Å². The molecule has 2 rings (SSSR count). The zero-order valence-corrected chi connectivity index (χ0v) is 9.94. The summed E-state index contributed by atoms with van der Waals surface area (Å²) in [6.45, 7) is 2.56. The lowest BCUT2D eigenvalue weighted by molar-refractivity contribution is 0.0540. The minimum Gasteiger partial charge on any atom is -0.465 e. The van der Waals surface area contributed by atoms with E-state index < -0.39 is 0 Å². The lowest BCUT2D eigenvalue weighted by Crippen LogP contribution is -2.16. The second kappa shape index (κ2) is 5.80.